The molecule has 0 atom stereocenters. The predicted octanol–water partition coefficient (Wildman–Crippen LogP) is 5.09. The van der Waals surface area contributed by atoms with Gasteiger partial charge in [0.05, 0.1) is 0 Å². The number of amides is 1. The third-order valence-electron chi connectivity index (χ3n) is 4.93. The Morgan fingerprint density at radius 2 is 2.03 bits per heavy atom. The third kappa shape index (κ3) is 6.80. The van der Waals surface area contributed by atoms with Gasteiger partial charge in [0.15, 0.2) is 0 Å². The van der Waals surface area contributed by atoms with Crippen LogP contribution in [0, 0.1) is 11.7 Å². The molecule has 1 aromatic heterocycles. The second-order valence-corrected chi connectivity index (χ2v) is 8.33. The van der Waals surface area contributed by atoms with Gasteiger partial charge in [-0.15, -0.1) is 0 Å². The van der Waals surface area contributed by atoms with Gasteiger partial charge in [0, 0.05) is 37.1 Å². The highest BCUT2D eigenvalue weighted by atomic mass is 19.4. The molecule has 10 heteroatoms. The monoisotopic (exact) mass is 453 g/mol. The molecule has 0 radical (unpaired) electrons. The number of alkyl halides is 3. The molecule has 1 aromatic carbocycles. The average Bonchev–Trinajstić information content (AvgIpc) is 3.54. The molecule has 3 rings (SSSR count). The van der Waals surface area contributed by atoms with E-state index >= 15 is 0 Å². The van der Waals surface area contributed by atoms with Crippen molar-refractivity contribution in [2.24, 2.45) is 5.92 Å². The van der Waals surface area contributed by atoms with Crippen LogP contribution in [0.25, 0.3) is 0 Å². The molecule has 2 N–H and O–H groups in total. The van der Waals surface area contributed by atoms with E-state index in [1.54, 1.807) is 32.2 Å². The van der Waals surface area contributed by atoms with Gasteiger partial charge < -0.3 is 15.5 Å². The number of halogens is 4. The van der Waals surface area contributed by atoms with E-state index in [2.05, 4.69) is 20.6 Å². The minimum absolute atomic E-state index is 0.0121. The average molecular weight is 453 g/mol. The van der Waals surface area contributed by atoms with Crippen molar-refractivity contribution >= 4 is 23.4 Å². The molecule has 1 aliphatic rings. The van der Waals surface area contributed by atoms with E-state index in [0.717, 1.165) is 23.3 Å². The molecule has 1 saturated carbocycles. The van der Waals surface area contributed by atoms with Gasteiger partial charge in [-0.05, 0) is 49.3 Å². The first kappa shape index (κ1) is 23.7. The summed E-state index contributed by atoms with van der Waals surface area (Å²) in [6.45, 7) is 3.91. The van der Waals surface area contributed by atoms with Gasteiger partial charge in [-0.2, -0.15) is 18.2 Å². The summed E-state index contributed by atoms with van der Waals surface area (Å²) in [5.41, 5.74) is 1.45. The fraction of sp³-hybridized carbons (Fsp3) is 0.500. The third-order valence-corrected chi connectivity index (χ3v) is 4.93. The minimum Gasteiger partial charge on any atom is -0.370 e. The SMILES string of the molecule is CC(C)CN(CCCNc1nc(Nc2cccc(F)c2)ncc1C1CC1)C(=O)C(F)(F)F. The van der Waals surface area contributed by atoms with Crippen LogP contribution in [0.3, 0.4) is 0 Å². The molecular formula is C22H27F4N5O. The van der Waals surface area contributed by atoms with Crippen LogP contribution in [0.1, 0.15) is 44.6 Å². The van der Waals surface area contributed by atoms with Gasteiger partial charge in [0.2, 0.25) is 5.95 Å². The van der Waals surface area contributed by atoms with Crippen LogP contribution in [0.4, 0.5) is 35.0 Å². The molecule has 1 heterocycles. The first-order valence-corrected chi connectivity index (χ1v) is 10.6. The molecule has 32 heavy (non-hydrogen) atoms. The summed E-state index contributed by atoms with van der Waals surface area (Å²) in [5.74, 6) is -1.04. The number of rotatable bonds is 10. The Labute approximate surface area is 184 Å². The number of carbonyl (C=O) groups is 1. The van der Waals surface area contributed by atoms with E-state index < -0.39 is 12.1 Å². The van der Waals surface area contributed by atoms with E-state index in [1.165, 1.54) is 12.1 Å². The van der Waals surface area contributed by atoms with Crippen LogP contribution in [0.5, 0.6) is 0 Å². The molecule has 1 aliphatic carbocycles. The number of carbonyl (C=O) groups excluding carboxylic acids is 1. The lowest BCUT2D eigenvalue weighted by Crippen LogP contribution is -2.43. The highest BCUT2D eigenvalue weighted by Crippen LogP contribution is 2.42. The van der Waals surface area contributed by atoms with Crippen LogP contribution >= 0.6 is 0 Å². The van der Waals surface area contributed by atoms with Crippen molar-refractivity contribution in [2.75, 3.05) is 30.3 Å². The molecule has 0 unspecified atom stereocenters. The van der Waals surface area contributed by atoms with Crippen LogP contribution in [0.2, 0.25) is 0 Å². The Balaban J connectivity index is 1.63. The first-order chi connectivity index (χ1) is 15.1. The molecular weight excluding hydrogens is 426 g/mol. The van der Waals surface area contributed by atoms with Gasteiger partial charge in [-0.25, -0.2) is 9.37 Å². The number of hydrogen-bond acceptors (Lipinski definition) is 5. The largest absolute Gasteiger partial charge is 0.471 e. The normalized spacial score (nSPS) is 13.8. The Morgan fingerprint density at radius 3 is 2.66 bits per heavy atom. The Bertz CT molecular complexity index is 931. The second kappa shape index (κ2) is 10.1. The van der Waals surface area contributed by atoms with Crippen molar-refractivity contribution in [3.8, 4) is 0 Å². The first-order valence-electron chi connectivity index (χ1n) is 10.6. The molecule has 2 aromatic rings. The van der Waals surface area contributed by atoms with Gasteiger partial charge in [0.25, 0.3) is 0 Å². The number of benzene rings is 1. The summed E-state index contributed by atoms with van der Waals surface area (Å²) in [6, 6.07) is 5.92. The maximum absolute atomic E-state index is 13.4. The van der Waals surface area contributed by atoms with Crippen molar-refractivity contribution in [3.05, 3.63) is 41.8 Å². The Morgan fingerprint density at radius 1 is 1.28 bits per heavy atom. The Hall–Kier alpha value is -2.91. The Kier molecular flexibility index (Phi) is 7.52. The summed E-state index contributed by atoms with van der Waals surface area (Å²) >= 11 is 0. The van der Waals surface area contributed by atoms with Crippen molar-refractivity contribution in [2.45, 2.75) is 45.2 Å². The highest BCUT2D eigenvalue weighted by molar-refractivity contribution is 5.81. The molecule has 1 fully saturated rings. The molecule has 6 nitrogen and oxygen atoms in total. The fourth-order valence-corrected chi connectivity index (χ4v) is 3.35. The number of nitrogens with zero attached hydrogens (tertiary/aromatic N) is 3. The number of hydrogen-bond donors (Lipinski definition) is 2. The molecule has 0 bridgehead atoms. The van der Waals surface area contributed by atoms with Crippen LogP contribution in [-0.2, 0) is 4.79 Å². The lowest BCUT2D eigenvalue weighted by atomic mass is 10.2. The molecule has 0 saturated heterocycles. The topological polar surface area (TPSA) is 70.2 Å². The quantitative estimate of drug-likeness (QED) is 0.388. The second-order valence-electron chi connectivity index (χ2n) is 8.33. The summed E-state index contributed by atoms with van der Waals surface area (Å²) < 4.78 is 52.0. The number of anilines is 3. The van der Waals surface area contributed by atoms with Crippen molar-refractivity contribution in [1.82, 2.24) is 14.9 Å². The van der Waals surface area contributed by atoms with Gasteiger partial charge in [-0.1, -0.05) is 19.9 Å². The fourth-order valence-electron chi connectivity index (χ4n) is 3.35. The lowest BCUT2D eigenvalue weighted by Gasteiger charge is -2.25. The van der Waals surface area contributed by atoms with Crippen molar-refractivity contribution in [1.29, 1.82) is 0 Å². The zero-order valence-corrected chi connectivity index (χ0v) is 18.0. The molecule has 1 amide bonds. The van der Waals surface area contributed by atoms with Crippen LogP contribution in [-0.4, -0.2) is 46.6 Å². The smallest absolute Gasteiger partial charge is 0.370 e. The van der Waals surface area contributed by atoms with Gasteiger partial charge in [-0.3, -0.25) is 4.79 Å². The number of nitrogens with one attached hydrogen (secondary N) is 2. The van der Waals surface area contributed by atoms with Crippen molar-refractivity contribution in [3.63, 3.8) is 0 Å². The summed E-state index contributed by atoms with van der Waals surface area (Å²) in [4.78, 5) is 21.3. The molecule has 174 valence electrons. The van der Waals surface area contributed by atoms with Crippen LogP contribution < -0.4 is 10.6 Å². The van der Waals surface area contributed by atoms with E-state index in [1.807, 2.05) is 0 Å². The lowest BCUT2D eigenvalue weighted by molar-refractivity contribution is -0.186. The highest BCUT2D eigenvalue weighted by Gasteiger charge is 2.42. The summed E-state index contributed by atoms with van der Waals surface area (Å²) in [5, 5.41) is 6.13. The molecule has 0 spiro atoms. The zero-order chi connectivity index (χ0) is 23.3. The van der Waals surface area contributed by atoms with E-state index in [-0.39, 0.29) is 30.8 Å². The van der Waals surface area contributed by atoms with E-state index in [0.29, 0.717) is 30.4 Å². The van der Waals surface area contributed by atoms with E-state index in [4.69, 9.17) is 0 Å². The van der Waals surface area contributed by atoms with Crippen LogP contribution in [0.15, 0.2) is 30.5 Å². The van der Waals surface area contributed by atoms with E-state index in [9.17, 15) is 22.4 Å². The zero-order valence-electron chi connectivity index (χ0n) is 18.0. The summed E-state index contributed by atoms with van der Waals surface area (Å²) in [7, 11) is 0. The maximum atomic E-state index is 13.4. The van der Waals surface area contributed by atoms with Crippen molar-refractivity contribution < 1.29 is 22.4 Å². The maximum Gasteiger partial charge on any atom is 0.471 e. The summed E-state index contributed by atoms with van der Waals surface area (Å²) in [6.07, 6.45) is -0.790. The standard InChI is InChI=1S/C22H27F4N5O/c1-14(2)13-31(20(32)22(24,25)26)10-4-9-27-19-18(15-7-8-15)12-28-21(30-19)29-17-6-3-5-16(23)11-17/h3,5-6,11-12,14-15H,4,7-10,13H2,1-2H3,(H2,27,28,29,30). The molecule has 0 aliphatic heterocycles. The predicted molar refractivity (Wildman–Crippen MR) is 114 cm³/mol. The number of aromatic nitrogens is 2. The minimum atomic E-state index is -4.88. The van der Waals surface area contributed by atoms with Gasteiger partial charge >= 0.3 is 12.1 Å². The van der Waals surface area contributed by atoms with Gasteiger partial charge in [0.1, 0.15) is 11.6 Å².